The molecule has 0 saturated carbocycles. The molecule has 8 aromatic carbocycles. The minimum atomic E-state index is -1.36. The number of carboxylic acids is 1. The minimum Gasteiger partial charge on any atom is -0.481 e. The standard InChI is InChI=1S/C52H50N2O9.C38H36O9.C14H14N2/c1-32(37-12-6-3-7-13-37)28-43(47(55)54-31-36-22-20-34(21-23-36)18-19-35-24-26-53-27-25-35)45(48(56)57)41(38-14-8-4-9-15-38)30-44-46(52(61)63-51(44)60)42(39-16-10-5-11-17-39)29-40-33(2)49(58)62-50(40)59;1-21(23-12-6-3-7-13-23)18-29-31(37(43)46-35(29)41)28(25-16-10-5-11-17-25)20-30-32(38(44)47-36(30)42)27(24-14-8-4-9-15-24)19-26-22(2)33(39)45-34(26)40;15-11-14-5-3-12(4-6-14)1-2-13-7-9-16-10-8-13/h3-27,32-33,40-46H,28-31H2,1-2H3,(H,54,55)(H,56,57);3-17,21-22,26-32H,18-20H2,1-2H3;1-10H,11,15H2/b19-18+;;2-1+. The molecule has 1 amide bonds. The average molecular weight is 1690 g/mol. The van der Waals surface area contributed by atoms with Crippen LogP contribution in [0.3, 0.4) is 0 Å². The minimum absolute atomic E-state index is 0.0132. The van der Waals surface area contributed by atoms with Crippen LogP contribution in [0.5, 0.6) is 0 Å². The molecule has 10 aromatic rings. The van der Waals surface area contributed by atoms with Gasteiger partial charge in [-0.2, -0.15) is 0 Å². The lowest BCUT2D eigenvalue weighted by Gasteiger charge is -2.34. The van der Waals surface area contributed by atoms with Crippen molar-refractivity contribution in [2.45, 2.75) is 115 Å². The molecule has 126 heavy (non-hydrogen) atoms. The normalized spacial score (nSPS) is 22.2. The average Bonchev–Trinajstić information content (AvgIpc) is 1.59. The van der Waals surface area contributed by atoms with E-state index in [1.807, 2.05) is 196 Å². The SMILES string of the molecule is CC(CC(C(=O)NCc1ccc(/C=C/c2ccncc2)cc1)C(C(=O)O)C(CC1C(=O)OC(=O)C1C(CC1C(=O)OC(=O)C1C)c1ccccc1)c1ccccc1)c1ccccc1.CC(CC1C(=O)OC(=O)C1C(CC1C(=O)OC(=O)C1C(CC1C(=O)OC(=O)C1C)c1ccccc1)c1ccccc1)c1ccccc1.NCc1ccc(/C=C/c2ccncc2)cc1. The van der Waals surface area contributed by atoms with E-state index in [1.165, 1.54) is 5.56 Å². The summed E-state index contributed by atoms with van der Waals surface area (Å²) in [6, 6.07) is 78.9. The monoisotopic (exact) mass is 1690 g/mol. The van der Waals surface area contributed by atoms with Gasteiger partial charge in [-0.25, -0.2) is 0 Å². The van der Waals surface area contributed by atoms with Gasteiger partial charge in [-0.15, -0.1) is 0 Å². The van der Waals surface area contributed by atoms with Gasteiger partial charge in [0.2, 0.25) is 5.91 Å². The lowest BCUT2D eigenvalue weighted by atomic mass is 9.66. The number of carbonyl (C=O) groups excluding carboxylic acids is 11. The first-order valence-corrected chi connectivity index (χ1v) is 42.6. The van der Waals surface area contributed by atoms with Crippen LogP contribution in [0.2, 0.25) is 0 Å². The zero-order valence-corrected chi connectivity index (χ0v) is 70.3. The molecule has 18 atom stereocenters. The smallest absolute Gasteiger partial charge is 0.318 e. The number of aromatic nitrogens is 2. The highest BCUT2D eigenvalue weighted by atomic mass is 16.6. The molecule has 644 valence electrons. The summed E-state index contributed by atoms with van der Waals surface area (Å²) in [6.07, 6.45) is 15.6. The van der Waals surface area contributed by atoms with E-state index in [4.69, 9.17) is 29.4 Å². The molecular weight excluding hydrogens is 1590 g/mol. The maximum Gasteiger partial charge on any atom is 0.318 e. The summed E-state index contributed by atoms with van der Waals surface area (Å²) in [5, 5.41) is 14.4. The number of hydrogen-bond donors (Lipinski definition) is 3. The third kappa shape index (κ3) is 22.2. The van der Waals surface area contributed by atoms with Crippen molar-refractivity contribution in [2.24, 2.45) is 76.7 Å². The Hall–Kier alpha value is -13.9. The van der Waals surface area contributed by atoms with Crippen molar-refractivity contribution in [2.75, 3.05) is 0 Å². The Labute approximate surface area is 731 Å². The molecule has 7 heterocycles. The van der Waals surface area contributed by atoms with Crippen molar-refractivity contribution in [3.8, 4) is 0 Å². The van der Waals surface area contributed by atoms with E-state index < -0.39 is 166 Å². The highest BCUT2D eigenvalue weighted by Crippen LogP contribution is 2.52. The number of benzene rings is 8. The number of rotatable bonds is 32. The molecule has 22 heteroatoms. The third-order valence-electron chi connectivity index (χ3n) is 25.3. The Morgan fingerprint density at radius 3 is 1.01 bits per heavy atom. The van der Waals surface area contributed by atoms with Crippen LogP contribution in [0.1, 0.15) is 168 Å². The van der Waals surface area contributed by atoms with Gasteiger partial charge in [0.25, 0.3) is 0 Å². The van der Waals surface area contributed by atoms with Crippen LogP contribution in [0.4, 0.5) is 0 Å². The Morgan fingerprint density at radius 1 is 0.357 bits per heavy atom. The van der Waals surface area contributed by atoms with Gasteiger partial charge in [-0.3, -0.25) is 67.5 Å². The second kappa shape index (κ2) is 42.5. The topological polar surface area (TPSA) is 335 Å². The fraction of sp³-hybridized carbons (Fsp3) is 0.288. The van der Waals surface area contributed by atoms with Gasteiger partial charge in [0.1, 0.15) is 0 Å². The molecule has 2 aromatic heterocycles. The second-order valence-electron chi connectivity index (χ2n) is 33.1. The summed E-state index contributed by atoms with van der Waals surface area (Å²) in [6.45, 7) is 7.89. The van der Waals surface area contributed by atoms with Gasteiger partial charge in [0, 0.05) is 37.9 Å². The summed E-state index contributed by atoms with van der Waals surface area (Å²) in [5.41, 5.74) is 16.4. The van der Waals surface area contributed by atoms with Crippen molar-refractivity contribution in [3.63, 3.8) is 0 Å². The van der Waals surface area contributed by atoms with E-state index in [0.717, 1.165) is 44.5 Å². The van der Waals surface area contributed by atoms with E-state index >= 15 is 0 Å². The molecule has 0 radical (unpaired) electrons. The number of carboxylic acid groups (broad SMARTS) is 1. The van der Waals surface area contributed by atoms with Gasteiger partial charge in [0.05, 0.1) is 71.0 Å². The number of aliphatic carboxylic acids is 1. The van der Waals surface area contributed by atoms with Crippen LogP contribution in [0, 0.1) is 71.0 Å². The lowest BCUT2D eigenvalue weighted by Crippen LogP contribution is -2.42. The van der Waals surface area contributed by atoms with E-state index in [1.54, 1.807) is 111 Å². The third-order valence-corrected chi connectivity index (χ3v) is 25.3. The first-order valence-electron chi connectivity index (χ1n) is 42.6. The predicted molar refractivity (Wildman–Crippen MR) is 469 cm³/mol. The highest BCUT2D eigenvalue weighted by Gasteiger charge is 2.58. The first-order chi connectivity index (χ1) is 61.0. The summed E-state index contributed by atoms with van der Waals surface area (Å²) in [7, 11) is 0. The fourth-order valence-corrected chi connectivity index (χ4v) is 18.3. The van der Waals surface area contributed by atoms with Crippen LogP contribution < -0.4 is 11.1 Å². The van der Waals surface area contributed by atoms with Gasteiger partial charge < -0.3 is 39.8 Å². The Kier molecular flexibility index (Phi) is 30.3. The number of esters is 10. The van der Waals surface area contributed by atoms with Crippen molar-refractivity contribution in [1.29, 1.82) is 0 Å². The summed E-state index contributed by atoms with van der Waals surface area (Å²) >= 11 is 0. The molecule has 0 spiro atoms. The molecular formula is C104H100N4O18. The van der Waals surface area contributed by atoms with Crippen molar-refractivity contribution in [1.82, 2.24) is 15.3 Å². The maximum absolute atomic E-state index is 14.7. The maximum atomic E-state index is 14.7. The molecule has 18 unspecified atom stereocenters. The molecule has 5 aliphatic rings. The van der Waals surface area contributed by atoms with Crippen LogP contribution in [-0.2, 0) is 94.3 Å². The van der Waals surface area contributed by atoms with Crippen LogP contribution in [-0.4, -0.2) is 86.6 Å². The second-order valence-corrected chi connectivity index (χ2v) is 33.1. The number of nitrogens with one attached hydrogen (secondary N) is 1. The summed E-state index contributed by atoms with van der Waals surface area (Å²) in [5.74, 6) is -23.7. The molecule has 22 nitrogen and oxygen atoms in total. The number of nitrogens with two attached hydrogens (primary N) is 1. The number of nitrogens with zero attached hydrogens (tertiary/aromatic N) is 2. The molecule has 0 aliphatic carbocycles. The van der Waals surface area contributed by atoms with Gasteiger partial charge >= 0.3 is 65.7 Å². The number of hydrogen-bond acceptors (Lipinski definition) is 20. The van der Waals surface area contributed by atoms with E-state index in [0.29, 0.717) is 29.7 Å². The molecule has 5 fully saturated rings. The summed E-state index contributed by atoms with van der Waals surface area (Å²) < 4.78 is 25.8. The van der Waals surface area contributed by atoms with Gasteiger partial charge in [-0.1, -0.05) is 283 Å². The zero-order valence-electron chi connectivity index (χ0n) is 70.3. The Balaban J connectivity index is 0.000000188. The number of ether oxygens (including phenoxy) is 5. The summed E-state index contributed by atoms with van der Waals surface area (Å²) in [4.78, 5) is 169. The highest BCUT2D eigenvalue weighted by molar-refractivity contribution is 6.01. The van der Waals surface area contributed by atoms with E-state index in [-0.39, 0.29) is 50.5 Å². The number of carbonyl (C=O) groups is 12. The number of pyridine rings is 2. The molecule has 5 aliphatic heterocycles. The molecule has 0 bridgehead atoms. The first kappa shape index (κ1) is 89.9. The molecule has 15 rings (SSSR count). The molecule has 5 saturated heterocycles. The van der Waals surface area contributed by atoms with Crippen LogP contribution in [0.15, 0.2) is 280 Å². The quantitative estimate of drug-likeness (QED) is 0.0200. The number of amides is 1. The molecule has 4 N–H and O–H groups in total. The van der Waals surface area contributed by atoms with E-state index in [9.17, 15) is 62.6 Å². The van der Waals surface area contributed by atoms with Crippen molar-refractivity contribution < 1.29 is 86.3 Å². The van der Waals surface area contributed by atoms with Gasteiger partial charge in [-0.05, 0) is 165 Å². The number of cyclic esters (lactones) is 10. The Bertz CT molecular complexity index is 5530. The van der Waals surface area contributed by atoms with Crippen molar-refractivity contribution in [3.05, 3.63) is 346 Å². The fourth-order valence-electron chi connectivity index (χ4n) is 18.3. The largest absolute Gasteiger partial charge is 0.481 e. The predicted octanol–water partition coefficient (Wildman–Crippen LogP) is 16.6. The Morgan fingerprint density at radius 2 is 0.659 bits per heavy atom. The lowest BCUT2D eigenvalue weighted by molar-refractivity contribution is -0.156. The van der Waals surface area contributed by atoms with Gasteiger partial charge in [0.15, 0.2) is 0 Å². The van der Waals surface area contributed by atoms with Crippen LogP contribution >= 0.6 is 0 Å². The van der Waals surface area contributed by atoms with Crippen molar-refractivity contribution >= 4 is 95.9 Å². The zero-order chi connectivity index (χ0) is 88.9. The van der Waals surface area contributed by atoms with Crippen LogP contribution in [0.25, 0.3) is 24.3 Å². The van der Waals surface area contributed by atoms with E-state index in [2.05, 4.69) is 39.6 Å².